The summed E-state index contributed by atoms with van der Waals surface area (Å²) < 4.78 is 10.3. The molecular formula is C13H19NO3. The van der Waals surface area contributed by atoms with E-state index >= 15 is 0 Å². The number of para-hydroxylation sites is 1. The van der Waals surface area contributed by atoms with E-state index in [9.17, 15) is 5.11 Å². The SMILES string of the molecule is COc1cccc(CNC2CC(OC)C2)c1O. The van der Waals surface area contributed by atoms with Crippen molar-refractivity contribution in [3.05, 3.63) is 23.8 Å². The number of hydrogen-bond acceptors (Lipinski definition) is 4. The molecule has 0 atom stereocenters. The molecule has 0 spiro atoms. The minimum Gasteiger partial charge on any atom is -0.504 e. The van der Waals surface area contributed by atoms with Gasteiger partial charge in [0, 0.05) is 25.3 Å². The van der Waals surface area contributed by atoms with E-state index in [-0.39, 0.29) is 5.75 Å². The summed E-state index contributed by atoms with van der Waals surface area (Å²) in [5.41, 5.74) is 0.866. The highest BCUT2D eigenvalue weighted by Gasteiger charge is 2.28. The molecule has 1 aromatic carbocycles. The Morgan fingerprint density at radius 3 is 2.76 bits per heavy atom. The Balaban J connectivity index is 1.87. The predicted octanol–water partition coefficient (Wildman–Crippen LogP) is 1.67. The van der Waals surface area contributed by atoms with Gasteiger partial charge in [-0.25, -0.2) is 0 Å². The molecule has 4 nitrogen and oxygen atoms in total. The quantitative estimate of drug-likeness (QED) is 0.818. The van der Waals surface area contributed by atoms with E-state index in [1.54, 1.807) is 20.3 Å². The Bertz CT molecular complexity index is 375. The van der Waals surface area contributed by atoms with E-state index < -0.39 is 0 Å². The third-order valence-electron chi connectivity index (χ3n) is 3.31. The van der Waals surface area contributed by atoms with Crippen LogP contribution in [0.25, 0.3) is 0 Å². The van der Waals surface area contributed by atoms with Crippen LogP contribution in [0.2, 0.25) is 0 Å². The highest BCUT2D eigenvalue weighted by atomic mass is 16.5. The Labute approximate surface area is 102 Å². The standard InChI is InChI=1S/C13H19NO3/c1-16-11-6-10(7-11)14-8-9-4-3-5-12(17-2)13(9)15/h3-5,10-11,14-15H,6-8H2,1-2H3. The van der Waals surface area contributed by atoms with Gasteiger partial charge in [0.2, 0.25) is 0 Å². The molecule has 0 amide bonds. The largest absolute Gasteiger partial charge is 0.504 e. The van der Waals surface area contributed by atoms with Crippen LogP contribution in [0, 0.1) is 0 Å². The van der Waals surface area contributed by atoms with Gasteiger partial charge in [0.25, 0.3) is 0 Å². The van der Waals surface area contributed by atoms with Crippen molar-refractivity contribution in [3.8, 4) is 11.5 Å². The van der Waals surface area contributed by atoms with Crippen molar-refractivity contribution in [3.63, 3.8) is 0 Å². The minimum absolute atomic E-state index is 0.227. The molecule has 1 aliphatic rings. The second-order valence-corrected chi connectivity index (χ2v) is 4.37. The maximum absolute atomic E-state index is 9.90. The molecular weight excluding hydrogens is 218 g/mol. The summed E-state index contributed by atoms with van der Waals surface area (Å²) in [4.78, 5) is 0. The third kappa shape index (κ3) is 2.70. The topological polar surface area (TPSA) is 50.7 Å². The lowest BCUT2D eigenvalue weighted by atomic mass is 9.89. The van der Waals surface area contributed by atoms with Gasteiger partial charge in [-0.2, -0.15) is 0 Å². The van der Waals surface area contributed by atoms with E-state index in [0.717, 1.165) is 18.4 Å². The molecule has 0 aromatic heterocycles. The van der Waals surface area contributed by atoms with Crippen LogP contribution < -0.4 is 10.1 Å². The lowest BCUT2D eigenvalue weighted by Gasteiger charge is -2.34. The maximum atomic E-state index is 9.90. The summed E-state index contributed by atoms with van der Waals surface area (Å²) in [5.74, 6) is 0.748. The summed E-state index contributed by atoms with van der Waals surface area (Å²) in [6.07, 6.45) is 2.48. The fourth-order valence-corrected chi connectivity index (χ4v) is 2.05. The Morgan fingerprint density at radius 2 is 2.12 bits per heavy atom. The van der Waals surface area contributed by atoms with Crippen LogP contribution >= 0.6 is 0 Å². The van der Waals surface area contributed by atoms with Gasteiger partial charge in [-0.05, 0) is 18.9 Å². The van der Waals surface area contributed by atoms with Crippen molar-refractivity contribution >= 4 is 0 Å². The molecule has 2 N–H and O–H groups in total. The lowest BCUT2D eigenvalue weighted by molar-refractivity contribution is 0.0169. The molecule has 1 saturated carbocycles. The molecule has 94 valence electrons. The molecule has 17 heavy (non-hydrogen) atoms. The van der Waals surface area contributed by atoms with E-state index in [1.165, 1.54) is 0 Å². The van der Waals surface area contributed by atoms with Crippen molar-refractivity contribution < 1.29 is 14.6 Å². The number of ether oxygens (including phenoxy) is 2. The number of phenols is 1. The lowest BCUT2D eigenvalue weighted by Crippen LogP contribution is -2.44. The molecule has 0 unspecified atom stereocenters. The summed E-state index contributed by atoms with van der Waals surface area (Å²) >= 11 is 0. The number of phenolic OH excluding ortho intramolecular Hbond substituents is 1. The monoisotopic (exact) mass is 237 g/mol. The van der Waals surface area contributed by atoms with Gasteiger partial charge < -0.3 is 19.9 Å². The average molecular weight is 237 g/mol. The Hall–Kier alpha value is -1.26. The molecule has 0 saturated heterocycles. The number of nitrogens with one attached hydrogen (secondary N) is 1. The molecule has 0 aliphatic heterocycles. The van der Waals surface area contributed by atoms with Crippen LogP contribution in [0.15, 0.2) is 18.2 Å². The molecule has 0 heterocycles. The summed E-state index contributed by atoms with van der Waals surface area (Å²) in [5, 5.41) is 13.3. The van der Waals surface area contributed by atoms with Crippen molar-refractivity contribution in [2.75, 3.05) is 14.2 Å². The molecule has 1 aromatic rings. The number of methoxy groups -OCH3 is 2. The number of hydrogen-bond donors (Lipinski definition) is 2. The van der Waals surface area contributed by atoms with Crippen LogP contribution in [-0.4, -0.2) is 31.5 Å². The highest BCUT2D eigenvalue weighted by molar-refractivity contribution is 5.45. The summed E-state index contributed by atoms with van der Waals surface area (Å²) in [6, 6.07) is 6.03. The zero-order chi connectivity index (χ0) is 12.3. The van der Waals surface area contributed by atoms with Gasteiger partial charge in [-0.15, -0.1) is 0 Å². The van der Waals surface area contributed by atoms with Gasteiger partial charge >= 0.3 is 0 Å². The van der Waals surface area contributed by atoms with Crippen molar-refractivity contribution in [1.82, 2.24) is 5.32 Å². The number of rotatable bonds is 5. The number of benzene rings is 1. The average Bonchev–Trinajstić information content (AvgIpc) is 2.29. The van der Waals surface area contributed by atoms with Gasteiger partial charge in [0.05, 0.1) is 13.2 Å². The van der Waals surface area contributed by atoms with Gasteiger partial charge in [-0.1, -0.05) is 12.1 Å². The van der Waals surface area contributed by atoms with E-state index in [0.29, 0.717) is 24.4 Å². The molecule has 1 fully saturated rings. The molecule has 4 heteroatoms. The molecule has 2 rings (SSSR count). The van der Waals surface area contributed by atoms with Crippen LogP contribution in [-0.2, 0) is 11.3 Å². The molecule has 0 bridgehead atoms. The Morgan fingerprint density at radius 1 is 1.35 bits per heavy atom. The Kier molecular flexibility index (Phi) is 3.86. The molecule has 0 radical (unpaired) electrons. The summed E-state index contributed by atoms with van der Waals surface area (Å²) in [6.45, 7) is 0.657. The smallest absolute Gasteiger partial charge is 0.162 e. The van der Waals surface area contributed by atoms with Crippen molar-refractivity contribution in [2.24, 2.45) is 0 Å². The van der Waals surface area contributed by atoms with Crippen LogP contribution in [0.4, 0.5) is 0 Å². The van der Waals surface area contributed by atoms with Gasteiger partial charge in [0.1, 0.15) is 0 Å². The first-order valence-corrected chi connectivity index (χ1v) is 5.85. The fourth-order valence-electron chi connectivity index (χ4n) is 2.05. The molecule has 1 aliphatic carbocycles. The third-order valence-corrected chi connectivity index (χ3v) is 3.31. The van der Waals surface area contributed by atoms with Crippen molar-refractivity contribution in [1.29, 1.82) is 0 Å². The van der Waals surface area contributed by atoms with Crippen molar-refractivity contribution in [2.45, 2.75) is 31.5 Å². The van der Waals surface area contributed by atoms with E-state index in [1.807, 2.05) is 12.1 Å². The van der Waals surface area contributed by atoms with Crippen LogP contribution in [0.5, 0.6) is 11.5 Å². The predicted molar refractivity (Wildman–Crippen MR) is 65.3 cm³/mol. The first-order valence-electron chi connectivity index (χ1n) is 5.85. The second-order valence-electron chi connectivity index (χ2n) is 4.37. The van der Waals surface area contributed by atoms with Gasteiger partial charge in [-0.3, -0.25) is 0 Å². The normalized spacial score (nSPS) is 23.2. The van der Waals surface area contributed by atoms with E-state index in [4.69, 9.17) is 9.47 Å². The van der Waals surface area contributed by atoms with Gasteiger partial charge in [0.15, 0.2) is 11.5 Å². The highest BCUT2D eigenvalue weighted by Crippen LogP contribution is 2.30. The maximum Gasteiger partial charge on any atom is 0.162 e. The zero-order valence-electron chi connectivity index (χ0n) is 10.3. The zero-order valence-corrected chi connectivity index (χ0v) is 10.3. The van der Waals surface area contributed by atoms with E-state index in [2.05, 4.69) is 5.32 Å². The van der Waals surface area contributed by atoms with Crippen LogP contribution in [0.3, 0.4) is 0 Å². The summed E-state index contributed by atoms with van der Waals surface area (Å²) in [7, 11) is 3.30. The number of aromatic hydroxyl groups is 1. The first kappa shape index (κ1) is 12.2. The fraction of sp³-hybridized carbons (Fsp3) is 0.538. The minimum atomic E-state index is 0.227. The first-order chi connectivity index (χ1) is 8.24. The second kappa shape index (κ2) is 5.38. The van der Waals surface area contributed by atoms with Crippen LogP contribution in [0.1, 0.15) is 18.4 Å².